The third-order valence-corrected chi connectivity index (χ3v) is 11.9. The number of ketones is 1. The van der Waals surface area contributed by atoms with Crippen molar-refractivity contribution in [2.75, 3.05) is 0 Å². The Morgan fingerprint density at radius 1 is 1.09 bits per heavy atom. The molecule has 0 bridgehead atoms. The van der Waals surface area contributed by atoms with Crippen molar-refractivity contribution in [3.8, 4) is 0 Å². The van der Waals surface area contributed by atoms with Gasteiger partial charge in [0.05, 0.1) is 6.57 Å². The van der Waals surface area contributed by atoms with Crippen LogP contribution < -0.4 is 0 Å². The molecular weight excluding hydrogens is 422 g/mol. The number of hydrogen-bond acceptors (Lipinski definition) is 3. The molecule has 5 aliphatic rings. The highest BCUT2D eigenvalue weighted by molar-refractivity contribution is 6.00. The molecule has 0 aliphatic heterocycles. The van der Waals surface area contributed by atoms with Gasteiger partial charge in [-0.1, -0.05) is 65.7 Å². The van der Waals surface area contributed by atoms with Crippen molar-refractivity contribution >= 4 is 5.78 Å². The predicted molar refractivity (Wildman–Crippen MR) is 133 cm³/mol. The van der Waals surface area contributed by atoms with Gasteiger partial charge in [-0.05, 0) is 78.9 Å². The Labute approximate surface area is 205 Å². The summed E-state index contributed by atoms with van der Waals surface area (Å²) in [5.41, 5.74) is -0.129. The van der Waals surface area contributed by atoms with E-state index in [4.69, 9.17) is 6.57 Å². The van der Waals surface area contributed by atoms with Crippen molar-refractivity contribution in [2.24, 2.45) is 45.3 Å². The van der Waals surface area contributed by atoms with Crippen LogP contribution in [0.1, 0.15) is 92.9 Å². The van der Waals surface area contributed by atoms with E-state index in [9.17, 15) is 15.0 Å². The highest BCUT2D eigenvalue weighted by Gasteiger charge is 2.69. The molecule has 4 nitrogen and oxygen atoms in total. The van der Waals surface area contributed by atoms with Crippen LogP contribution in [-0.4, -0.2) is 27.7 Å². The maximum absolute atomic E-state index is 12.8. The van der Waals surface area contributed by atoms with E-state index in [1.807, 2.05) is 19.1 Å². The molecule has 34 heavy (non-hydrogen) atoms. The predicted octanol–water partition coefficient (Wildman–Crippen LogP) is 6.10. The minimum Gasteiger partial charge on any atom is -0.386 e. The van der Waals surface area contributed by atoms with E-state index in [1.54, 1.807) is 0 Å². The number of hydrogen-bond donors (Lipinski definition) is 2. The van der Waals surface area contributed by atoms with Crippen molar-refractivity contribution in [2.45, 2.75) is 105 Å². The lowest BCUT2D eigenvalue weighted by Gasteiger charge is -2.69. The van der Waals surface area contributed by atoms with Gasteiger partial charge in [0.15, 0.2) is 5.78 Å². The van der Waals surface area contributed by atoms with E-state index >= 15 is 0 Å². The Hall–Kier alpha value is -1.44. The molecule has 186 valence electrons. The maximum Gasteiger partial charge on any atom is 0.226 e. The topological polar surface area (TPSA) is 61.9 Å². The molecule has 0 amide bonds. The molecule has 4 heteroatoms. The average molecular weight is 466 g/mol. The van der Waals surface area contributed by atoms with Gasteiger partial charge in [-0.2, -0.15) is 0 Å². The molecule has 5 rings (SSSR count). The minimum absolute atomic E-state index is 0.0101. The highest BCUT2D eigenvalue weighted by atomic mass is 16.3. The Morgan fingerprint density at radius 3 is 2.44 bits per heavy atom. The van der Waals surface area contributed by atoms with Crippen LogP contribution in [0.4, 0.5) is 0 Å². The Kier molecular flexibility index (Phi) is 5.21. The Balaban J connectivity index is 1.67. The monoisotopic (exact) mass is 465 g/mol. The minimum atomic E-state index is -1.13. The molecule has 5 aliphatic carbocycles. The van der Waals surface area contributed by atoms with Crippen molar-refractivity contribution < 1.29 is 15.0 Å². The highest BCUT2D eigenvalue weighted by Crippen LogP contribution is 2.71. The van der Waals surface area contributed by atoms with Crippen LogP contribution in [0.5, 0.6) is 0 Å². The van der Waals surface area contributed by atoms with Gasteiger partial charge in [-0.3, -0.25) is 0 Å². The second kappa shape index (κ2) is 7.30. The van der Waals surface area contributed by atoms with E-state index < -0.39 is 17.1 Å². The third-order valence-electron chi connectivity index (χ3n) is 11.9. The van der Waals surface area contributed by atoms with Gasteiger partial charge in [-0.15, -0.1) is 0 Å². The van der Waals surface area contributed by atoms with E-state index in [1.165, 1.54) is 6.42 Å². The molecule has 3 saturated carbocycles. The molecule has 0 unspecified atom stereocenters. The number of allylic oxidation sites excluding steroid dienone is 3. The first-order valence-electron chi connectivity index (χ1n) is 13.6. The molecule has 0 spiro atoms. The van der Waals surface area contributed by atoms with Gasteiger partial charge in [-0.25, -0.2) is 4.85 Å². The molecule has 2 N–H and O–H groups in total. The van der Waals surface area contributed by atoms with Gasteiger partial charge < -0.3 is 15.0 Å². The van der Waals surface area contributed by atoms with Crippen molar-refractivity contribution in [1.82, 2.24) is 0 Å². The number of aliphatic hydroxyl groups is 2. The molecule has 0 aromatic rings. The number of nitrogens with zero attached hydrogens (tertiary/aromatic N) is 1. The average Bonchev–Trinajstić information content (AvgIpc) is 2.78. The summed E-state index contributed by atoms with van der Waals surface area (Å²) < 4.78 is 0. The Morgan fingerprint density at radius 2 is 1.79 bits per heavy atom. The zero-order chi connectivity index (χ0) is 24.9. The van der Waals surface area contributed by atoms with E-state index in [0.29, 0.717) is 0 Å². The summed E-state index contributed by atoms with van der Waals surface area (Å²) in [6, 6.07) is 0. The van der Waals surface area contributed by atoms with Crippen LogP contribution in [-0.2, 0) is 4.79 Å². The van der Waals surface area contributed by atoms with E-state index in [-0.39, 0.29) is 51.4 Å². The van der Waals surface area contributed by atoms with Crippen molar-refractivity contribution in [3.63, 3.8) is 0 Å². The summed E-state index contributed by atoms with van der Waals surface area (Å²) in [4.78, 5) is 16.4. The fourth-order valence-electron chi connectivity index (χ4n) is 9.87. The number of aliphatic hydroxyl groups excluding tert-OH is 1. The SMILES string of the molecule is [C-]#[N+]C1=C[C@]2(C)C3=C[C@@H](O)[C@]4(O)[C@@H]5CC(C)(C)CC[C@]5(CC)CC[C@H]4[C@]3(C)CC[C@H]2[C@H](C)C1=O. The van der Waals surface area contributed by atoms with Crippen molar-refractivity contribution in [3.05, 3.63) is 34.8 Å². The quantitative estimate of drug-likeness (QED) is 0.363. The van der Waals surface area contributed by atoms with E-state index in [2.05, 4.69) is 39.5 Å². The summed E-state index contributed by atoms with van der Waals surface area (Å²) in [5.74, 6) is -0.0202. The molecule has 0 saturated heterocycles. The normalized spacial score (nSPS) is 51.6. The first-order chi connectivity index (χ1) is 15.8. The largest absolute Gasteiger partial charge is 0.386 e. The lowest BCUT2D eigenvalue weighted by Crippen LogP contribution is -2.70. The van der Waals surface area contributed by atoms with Gasteiger partial charge in [0.25, 0.3) is 0 Å². The first kappa shape index (κ1) is 24.3. The molecule has 3 fully saturated rings. The van der Waals surface area contributed by atoms with Gasteiger partial charge in [0.2, 0.25) is 5.70 Å². The van der Waals surface area contributed by atoms with Crippen molar-refractivity contribution in [1.29, 1.82) is 0 Å². The summed E-state index contributed by atoms with van der Waals surface area (Å²) in [6.07, 6.45) is 11.2. The summed E-state index contributed by atoms with van der Waals surface area (Å²) in [6.45, 7) is 21.0. The van der Waals surface area contributed by atoms with E-state index in [0.717, 1.165) is 50.5 Å². The molecule has 0 radical (unpaired) electrons. The summed E-state index contributed by atoms with van der Waals surface area (Å²) in [7, 11) is 0. The number of carbonyl (C=O) groups excluding carboxylic acids is 1. The number of Topliss-reactive ketones (excluding diaryl/α,β-unsaturated/α-hetero) is 1. The fourth-order valence-corrected chi connectivity index (χ4v) is 9.87. The van der Waals surface area contributed by atoms with Crippen LogP contribution in [0.15, 0.2) is 23.4 Å². The van der Waals surface area contributed by atoms with Gasteiger partial charge >= 0.3 is 0 Å². The first-order valence-corrected chi connectivity index (χ1v) is 13.6. The van der Waals surface area contributed by atoms with Crippen LogP contribution in [0, 0.1) is 51.9 Å². The van der Waals surface area contributed by atoms with Crippen LogP contribution >= 0.6 is 0 Å². The zero-order valence-electron chi connectivity index (χ0n) is 21.9. The zero-order valence-corrected chi connectivity index (χ0v) is 21.9. The number of rotatable bonds is 1. The fraction of sp³-hybridized carbons (Fsp3) is 0.800. The Bertz CT molecular complexity index is 1020. The molecule has 0 aromatic heterocycles. The standard InChI is InChI=1S/C30H43NO3/c1-8-29-12-10-21-27(5)11-9-19-18(2)25(33)20(31-7)16-28(19,6)22(27)15-24(32)30(21,34)23(29)17-26(3,4)13-14-29/h15-16,18-19,21,23-24,32,34H,8-14,17H2,1-6H3/t18-,19-,21-,23+,24+,27-,28-,29-,30+/m0/s1. The van der Waals surface area contributed by atoms with Crippen LogP contribution in [0.3, 0.4) is 0 Å². The molecular formula is C30H43NO3. The lowest BCUT2D eigenvalue weighted by atomic mass is 9.37. The maximum atomic E-state index is 12.8. The van der Waals surface area contributed by atoms with Gasteiger partial charge in [0.1, 0.15) is 11.7 Å². The number of carbonyl (C=O) groups is 1. The number of fused-ring (bicyclic) bond motifs is 7. The molecule has 0 aromatic carbocycles. The summed E-state index contributed by atoms with van der Waals surface area (Å²) >= 11 is 0. The third kappa shape index (κ3) is 2.86. The van der Waals surface area contributed by atoms with Crippen LogP contribution in [0.2, 0.25) is 0 Å². The second-order valence-electron chi connectivity index (χ2n) is 13.8. The molecule has 0 heterocycles. The van der Waals surface area contributed by atoms with Crippen LogP contribution in [0.25, 0.3) is 4.85 Å². The summed E-state index contributed by atoms with van der Waals surface area (Å²) in [5, 5.41) is 24.5. The second-order valence-corrected chi connectivity index (χ2v) is 13.8. The molecule has 9 atom stereocenters. The lowest BCUT2D eigenvalue weighted by molar-refractivity contribution is -0.247. The smallest absolute Gasteiger partial charge is 0.226 e. The van der Waals surface area contributed by atoms with Gasteiger partial charge in [0, 0.05) is 11.3 Å².